The first-order valence-electron chi connectivity index (χ1n) is 11.8. The summed E-state index contributed by atoms with van der Waals surface area (Å²) in [4.78, 5) is 17.4. The maximum Gasteiger partial charge on any atom is 0.264 e. The number of aromatic nitrogens is 1. The van der Waals surface area contributed by atoms with Gasteiger partial charge in [-0.3, -0.25) is 9.69 Å². The van der Waals surface area contributed by atoms with Crippen LogP contribution in [-0.2, 0) is 16.1 Å². The highest BCUT2D eigenvalue weighted by atomic mass is 16.5. The van der Waals surface area contributed by atoms with E-state index in [-0.39, 0.29) is 23.7 Å². The summed E-state index contributed by atoms with van der Waals surface area (Å²) < 4.78 is 8.09. The van der Waals surface area contributed by atoms with Gasteiger partial charge in [0.1, 0.15) is 11.6 Å². The number of carbonyl (C=O) groups is 1. The van der Waals surface area contributed by atoms with Crippen LogP contribution in [0.3, 0.4) is 0 Å². The Morgan fingerprint density at radius 2 is 1.87 bits per heavy atom. The smallest absolute Gasteiger partial charge is 0.264 e. The highest BCUT2D eigenvalue weighted by molar-refractivity contribution is 6.01. The molecule has 6 heteroatoms. The minimum absolute atomic E-state index is 0.130. The molecule has 6 nitrogen and oxygen atoms in total. The van der Waals surface area contributed by atoms with Crippen LogP contribution < -0.4 is 0 Å². The molecule has 0 bridgehead atoms. The Balaban J connectivity index is 1.60. The second kappa shape index (κ2) is 10.5. The molecule has 0 aromatic carbocycles. The third kappa shape index (κ3) is 5.78. The van der Waals surface area contributed by atoms with E-state index < -0.39 is 0 Å². The standard InChI is InChI=1S/C25H38N4O2/c1-6-9-29-18(2)12-23(21(29)5)13-24(14-26)25(30)28-10-7-22(8-11-28)17-27-15-19(3)31-20(4)16-27/h12-13,19-20,22H,6-11,15-17H2,1-5H3/b24-13-. The fraction of sp³-hybridized carbons (Fsp3) is 0.680. The first-order chi connectivity index (χ1) is 14.8. The Labute approximate surface area is 187 Å². The predicted octanol–water partition coefficient (Wildman–Crippen LogP) is 3.77. The van der Waals surface area contributed by atoms with Crippen molar-refractivity contribution in [2.45, 2.75) is 72.6 Å². The van der Waals surface area contributed by atoms with Gasteiger partial charge in [0.25, 0.3) is 5.91 Å². The van der Waals surface area contributed by atoms with Crippen molar-refractivity contribution in [3.05, 3.63) is 28.6 Å². The van der Waals surface area contributed by atoms with E-state index in [2.05, 4.69) is 56.2 Å². The molecular weight excluding hydrogens is 388 g/mol. The number of nitrogens with zero attached hydrogens (tertiary/aromatic N) is 4. The summed E-state index contributed by atoms with van der Waals surface area (Å²) >= 11 is 0. The van der Waals surface area contributed by atoms with Gasteiger partial charge < -0.3 is 14.2 Å². The Morgan fingerprint density at radius 3 is 2.45 bits per heavy atom. The van der Waals surface area contributed by atoms with Gasteiger partial charge in [0, 0.05) is 50.7 Å². The van der Waals surface area contributed by atoms with Gasteiger partial charge in [0.05, 0.1) is 12.2 Å². The summed E-state index contributed by atoms with van der Waals surface area (Å²) in [5, 5.41) is 9.69. The van der Waals surface area contributed by atoms with Gasteiger partial charge in [-0.2, -0.15) is 5.26 Å². The van der Waals surface area contributed by atoms with E-state index in [0.29, 0.717) is 5.92 Å². The molecule has 2 atom stereocenters. The molecule has 0 saturated carbocycles. The molecule has 3 rings (SSSR count). The molecular formula is C25H38N4O2. The van der Waals surface area contributed by atoms with E-state index in [4.69, 9.17) is 4.74 Å². The van der Waals surface area contributed by atoms with E-state index in [9.17, 15) is 10.1 Å². The summed E-state index contributed by atoms with van der Waals surface area (Å²) in [5.74, 6) is 0.471. The molecule has 2 saturated heterocycles. The Hall–Kier alpha value is -2.10. The minimum atomic E-state index is -0.130. The lowest BCUT2D eigenvalue weighted by Gasteiger charge is -2.39. The summed E-state index contributed by atoms with van der Waals surface area (Å²) in [6.45, 7) is 16.0. The maximum atomic E-state index is 13.0. The van der Waals surface area contributed by atoms with Crippen molar-refractivity contribution >= 4 is 12.0 Å². The summed E-state index contributed by atoms with van der Waals surface area (Å²) in [5.41, 5.74) is 3.50. The van der Waals surface area contributed by atoms with Gasteiger partial charge in [-0.05, 0) is 70.6 Å². The van der Waals surface area contributed by atoms with Crippen LogP contribution in [0.1, 0.15) is 57.0 Å². The fourth-order valence-corrected chi connectivity index (χ4v) is 5.13. The monoisotopic (exact) mass is 426 g/mol. The zero-order chi connectivity index (χ0) is 22.5. The highest BCUT2D eigenvalue weighted by Crippen LogP contribution is 2.23. The van der Waals surface area contributed by atoms with Crippen molar-refractivity contribution in [3.8, 4) is 6.07 Å². The molecule has 1 aromatic heterocycles. The van der Waals surface area contributed by atoms with Crippen LogP contribution >= 0.6 is 0 Å². The van der Waals surface area contributed by atoms with Crippen LogP contribution in [0.4, 0.5) is 0 Å². The Bertz CT molecular complexity index is 832. The molecule has 2 aliphatic heterocycles. The van der Waals surface area contributed by atoms with Gasteiger partial charge in [-0.15, -0.1) is 0 Å². The van der Waals surface area contributed by atoms with Crippen molar-refractivity contribution in [2.24, 2.45) is 5.92 Å². The van der Waals surface area contributed by atoms with Crippen LogP contribution in [0, 0.1) is 31.1 Å². The van der Waals surface area contributed by atoms with Crippen LogP contribution in [0.2, 0.25) is 0 Å². The maximum absolute atomic E-state index is 13.0. The van der Waals surface area contributed by atoms with E-state index in [0.717, 1.165) is 69.8 Å². The van der Waals surface area contributed by atoms with Crippen LogP contribution in [0.25, 0.3) is 6.08 Å². The van der Waals surface area contributed by atoms with Crippen molar-refractivity contribution in [2.75, 3.05) is 32.7 Å². The van der Waals surface area contributed by atoms with Crippen molar-refractivity contribution in [1.29, 1.82) is 5.26 Å². The van der Waals surface area contributed by atoms with Crippen LogP contribution in [0.15, 0.2) is 11.6 Å². The van der Waals surface area contributed by atoms with Gasteiger partial charge >= 0.3 is 0 Å². The molecule has 1 aromatic rings. The van der Waals surface area contributed by atoms with Crippen LogP contribution in [-0.4, -0.2) is 65.2 Å². The number of likely N-dealkylation sites (tertiary alicyclic amines) is 1. The molecule has 0 radical (unpaired) electrons. The van der Waals surface area contributed by atoms with Gasteiger partial charge in [-0.1, -0.05) is 6.92 Å². The number of morpholine rings is 1. The van der Waals surface area contributed by atoms with Crippen LogP contribution in [0.5, 0.6) is 0 Å². The fourth-order valence-electron chi connectivity index (χ4n) is 5.13. The topological polar surface area (TPSA) is 61.5 Å². The predicted molar refractivity (Wildman–Crippen MR) is 124 cm³/mol. The molecule has 2 unspecified atom stereocenters. The number of piperidine rings is 1. The molecule has 3 heterocycles. The zero-order valence-corrected chi connectivity index (χ0v) is 19.9. The summed E-state index contributed by atoms with van der Waals surface area (Å²) in [6.07, 6.45) is 5.40. The van der Waals surface area contributed by atoms with Crippen molar-refractivity contribution in [3.63, 3.8) is 0 Å². The van der Waals surface area contributed by atoms with E-state index >= 15 is 0 Å². The quantitative estimate of drug-likeness (QED) is 0.513. The number of rotatable bonds is 6. The summed E-state index contributed by atoms with van der Waals surface area (Å²) in [7, 11) is 0. The molecule has 170 valence electrons. The van der Waals surface area contributed by atoms with Crippen molar-refractivity contribution in [1.82, 2.24) is 14.4 Å². The number of hydrogen-bond acceptors (Lipinski definition) is 4. The summed E-state index contributed by atoms with van der Waals surface area (Å²) in [6, 6.07) is 4.24. The largest absolute Gasteiger partial charge is 0.373 e. The highest BCUT2D eigenvalue weighted by Gasteiger charge is 2.29. The van der Waals surface area contributed by atoms with E-state index in [1.807, 2.05) is 4.90 Å². The lowest BCUT2D eigenvalue weighted by molar-refractivity contribution is -0.128. The third-order valence-corrected chi connectivity index (χ3v) is 6.62. The zero-order valence-electron chi connectivity index (χ0n) is 19.9. The number of amides is 1. The molecule has 0 aliphatic carbocycles. The third-order valence-electron chi connectivity index (χ3n) is 6.62. The Morgan fingerprint density at radius 1 is 1.23 bits per heavy atom. The van der Waals surface area contributed by atoms with Crippen molar-refractivity contribution < 1.29 is 9.53 Å². The number of ether oxygens (including phenoxy) is 1. The minimum Gasteiger partial charge on any atom is -0.373 e. The Kier molecular flexibility index (Phi) is 7.96. The molecule has 0 spiro atoms. The average Bonchev–Trinajstić information content (AvgIpc) is 2.99. The lowest BCUT2D eigenvalue weighted by atomic mass is 9.95. The molecule has 0 N–H and O–H groups in total. The second-order valence-electron chi connectivity index (χ2n) is 9.36. The lowest BCUT2D eigenvalue weighted by Crippen LogP contribution is -2.48. The number of hydrogen-bond donors (Lipinski definition) is 0. The second-order valence-corrected chi connectivity index (χ2v) is 9.36. The van der Waals surface area contributed by atoms with E-state index in [1.165, 1.54) is 5.69 Å². The molecule has 2 aliphatic rings. The molecule has 2 fully saturated rings. The van der Waals surface area contributed by atoms with Gasteiger partial charge in [-0.25, -0.2) is 0 Å². The van der Waals surface area contributed by atoms with E-state index in [1.54, 1.807) is 6.08 Å². The SMILES string of the molecule is CCCn1c(C)cc(/C=C(/C#N)C(=O)N2CCC(CN3CC(C)OC(C)C3)CC2)c1C. The number of nitriles is 1. The van der Waals surface area contributed by atoms with Gasteiger partial charge in [0.15, 0.2) is 0 Å². The first kappa shape index (κ1) is 23.6. The molecule has 31 heavy (non-hydrogen) atoms. The first-order valence-corrected chi connectivity index (χ1v) is 11.8. The average molecular weight is 427 g/mol. The normalized spacial score (nSPS) is 23.7. The number of carbonyl (C=O) groups excluding carboxylic acids is 1. The molecule has 1 amide bonds. The number of aryl methyl sites for hydroxylation is 1. The van der Waals surface area contributed by atoms with Gasteiger partial charge in [0.2, 0.25) is 0 Å².